The normalized spacial score (nSPS) is 38.3. The van der Waals surface area contributed by atoms with E-state index in [1.165, 1.54) is 4.90 Å². The van der Waals surface area contributed by atoms with Crippen molar-refractivity contribution in [2.75, 3.05) is 11.5 Å². The minimum atomic E-state index is -0.169. The van der Waals surface area contributed by atoms with E-state index >= 15 is 0 Å². The minimum absolute atomic E-state index is 0.0412. The molecule has 2 amide bonds. The Kier molecular flexibility index (Phi) is 3.80. The number of hydrogen-bond donors (Lipinski definition) is 0. The van der Waals surface area contributed by atoms with Crippen LogP contribution >= 0.6 is 31.9 Å². The number of halogens is 2. The molecule has 1 aromatic rings. The lowest BCUT2D eigenvalue weighted by atomic mass is 9.81. The lowest BCUT2D eigenvalue weighted by Crippen LogP contribution is -2.37. The molecule has 2 bridgehead atoms. The lowest BCUT2D eigenvalue weighted by Gasteiger charge is -2.28. The van der Waals surface area contributed by atoms with Gasteiger partial charge in [0.1, 0.15) is 5.75 Å². The maximum atomic E-state index is 12.9. The van der Waals surface area contributed by atoms with E-state index in [4.69, 9.17) is 4.74 Å². The summed E-state index contributed by atoms with van der Waals surface area (Å²) in [5.41, 5.74) is 0.648. The number of hydrogen-bond acceptors (Lipinski definition) is 3. The number of imide groups is 1. The van der Waals surface area contributed by atoms with E-state index < -0.39 is 0 Å². The van der Waals surface area contributed by atoms with Gasteiger partial charge in [-0.15, -0.1) is 0 Å². The largest absolute Gasteiger partial charge is 0.494 e. The third-order valence-corrected chi connectivity index (χ3v) is 8.60. The third kappa shape index (κ3) is 2.14. The third-order valence-electron chi connectivity index (χ3n) is 5.39. The van der Waals surface area contributed by atoms with Gasteiger partial charge in [-0.3, -0.25) is 14.5 Å². The molecule has 23 heavy (non-hydrogen) atoms. The maximum Gasteiger partial charge on any atom is 0.238 e. The highest BCUT2D eigenvalue weighted by molar-refractivity contribution is 9.12. The van der Waals surface area contributed by atoms with Gasteiger partial charge in [-0.05, 0) is 49.4 Å². The molecule has 1 aliphatic heterocycles. The highest BCUT2D eigenvalue weighted by atomic mass is 79.9. The van der Waals surface area contributed by atoms with E-state index in [1.807, 2.05) is 19.1 Å². The second-order valence-electron chi connectivity index (χ2n) is 6.44. The van der Waals surface area contributed by atoms with E-state index in [0.717, 1.165) is 12.2 Å². The summed E-state index contributed by atoms with van der Waals surface area (Å²) < 4.78 is 5.42. The van der Waals surface area contributed by atoms with Crippen LogP contribution in [0.25, 0.3) is 0 Å². The Morgan fingerprint density at radius 3 is 2.04 bits per heavy atom. The summed E-state index contributed by atoms with van der Waals surface area (Å²) >= 11 is 7.40. The van der Waals surface area contributed by atoms with Crippen LogP contribution in [0.4, 0.5) is 5.69 Å². The summed E-state index contributed by atoms with van der Waals surface area (Å²) in [6, 6.07) is 7.20. The smallest absolute Gasteiger partial charge is 0.238 e. The Bertz CT molecular complexity index is 630. The van der Waals surface area contributed by atoms with Crippen molar-refractivity contribution in [3.05, 3.63) is 24.3 Å². The molecule has 1 saturated heterocycles. The number of alkyl halides is 2. The number of amides is 2. The number of rotatable bonds is 3. The molecule has 0 aromatic heterocycles. The Hall–Kier alpha value is -0.880. The van der Waals surface area contributed by atoms with Crippen LogP contribution in [0.5, 0.6) is 5.75 Å². The Morgan fingerprint density at radius 1 is 1.04 bits per heavy atom. The van der Waals surface area contributed by atoms with Crippen molar-refractivity contribution in [3.8, 4) is 5.75 Å². The Labute approximate surface area is 151 Å². The van der Waals surface area contributed by atoms with Crippen LogP contribution in [0.2, 0.25) is 0 Å². The number of anilines is 1. The topological polar surface area (TPSA) is 46.6 Å². The predicted molar refractivity (Wildman–Crippen MR) is 94.1 cm³/mol. The van der Waals surface area contributed by atoms with E-state index in [-0.39, 0.29) is 45.1 Å². The molecule has 122 valence electrons. The van der Waals surface area contributed by atoms with Crippen LogP contribution in [0.15, 0.2) is 24.3 Å². The highest BCUT2D eigenvalue weighted by Gasteiger charge is 2.66. The first-order valence-corrected chi connectivity index (χ1v) is 9.76. The van der Waals surface area contributed by atoms with Crippen LogP contribution in [0.3, 0.4) is 0 Å². The second-order valence-corrected chi connectivity index (χ2v) is 8.56. The molecule has 4 nitrogen and oxygen atoms in total. The van der Waals surface area contributed by atoms with Crippen molar-refractivity contribution in [1.82, 2.24) is 0 Å². The quantitative estimate of drug-likeness (QED) is 0.532. The number of nitrogens with zero attached hydrogens (tertiary/aromatic N) is 1. The average molecular weight is 443 g/mol. The molecule has 2 saturated carbocycles. The van der Waals surface area contributed by atoms with Crippen LogP contribution in [-0.4, -0.2) is 28.1 Å². The Balaban J connectivity index is 1.64. The molecule has 0 radical (unpaired) electrons. The van der Waals surface area contributed by atoms with Crippen molar-refractivity contribution in [2.45, 2.75) is 23.0 Å². The summed E-state index contributed by atoms with van der Waals surface area (Å²) in [6.07, 6.45) is 0.954. The van der Waals surface area contributed by atoms with Crippen molar-refractivity contribution >= 4 is 49.4 Å². The molecule has 1 aromatic carbocycles. The van der Waals surface area contributed by atoms with Gasteiger partial charge in [0.15, 0.2) is 0 Å². The monoisotopic (exact) mass is 441 g/mol. The molecule has 0 unspecified atom stereocenters. The first-order valence-electron chi connectivity index (χ1n) is 7.93. The number of benzene rings is 1. The molecule has 3 fully saturated rings. The fraction of sp³-hybridized carbons (Fsp3) is 0.529. The van der Waals surface area contributed by atoms with Crippen molar-refractivity contribution in [1.29, 1.82) is 0 Å². The van der Waals surface area contributed by atoms with Gasteiger partial charge in [-0.2, -0.15) is 0 Å². The van der Waals surface area contributed by atoms with Gasteiger partial charge in [-0.25, -0.2) is 0 Å². The van der Waals surface area contributed by atoms with Crippen molar-refractivity contribution in [3.63, 3.8) is 0 Å². The molecule has 4 rings (SSSR count). The van der Waals surface area contributed by atoms with Gasteiger partial charge >= 0.3 is 0 Å². The second kappa shape index (κ2) is 5.59. The van der Waals surface area contributed by atoms with E-state index in [1.54, 1.807) is 12.1 Å². The van der Waals surface area contributed by atoms with E-state index in [2.05, 4.69) is 31.9 Å². The fourth-order valence-electron chi connectivity index (χ4n) is 4.46. The van der Waals surface area contributed by atoms with Gasteiger partial charge in [0.2, 0.25) is 11.8 Å². The molecular weight excluding hydrogens is 426 g/mol. The summed E-state index contributed by atoms with van der Waals surface area (Å²) in [4.78, 5) is 27.7. The molecule has 6 atom stereocenters. The minimum Gasteiger partial charge on any atom is -0.494 e. The fourth-order valence-corrected chi connectivity index (χ4v) is 6.33. The summed E-state index contributed by atoms with van der Waals surface area (Å²) in [7, 11) is 0. The molecular formula is C17H17Br2NO3. The molecule has 0 N–H and O–H groups in total. The van der Waals surface area contributed by atoms with Crippen LogP contribution in [0.1, 0.15) is 13.3 Å². The summed E-state index contributed by atoms with van der Waals surface area (Å²) in [6.45, 7) is 2.51. The molecule has 1 heterocycles. The molecule has 2 aliphatic carbocycles. The first kappa shape index (κ1) is 15.6. The van der Waals surface area contributed by atoms with Crippen molar-refractivity contribution < 1.29 is 14.3 Å². The molecule has 6 heteroatoms. The van der Waals surface area contributed by atoms with Crippen LogP contribution < -0.4 is 9.64 Å². The van der Waals surface area contributed by atoms with Gasteiger partial charge in [0, 0.05) is 9.65 Å². The average Bonchev–Trinajstić information content (AvgIpc) is 3.14. The zero-order valence-electron chi connectivity index (χ0n) is 12.6. The SMILES string of the molecule is CCOc1ccc(N2C(=O)[C@@H]3[C@H]4C[C@@H]([C@@H](Br)[C@H]4Br)[C@H]3C2=O)cc1. The standard InChI is InChI=1S/C17H17Br2NO3/c1-2-23-9-5-3-8(4-6-9)20-16(21)12-10-7-11(13(12)17(20)22)15(19)14(10)18/h3-6,10-15H,2,7H2,1H3/t10-,11-,12-,13-,14-,15+/m1/s1. The van der Waals surface area contributed by atoms with Crippen molar-refractivity contribution in [2.24, 2.45) is 23.7 Å². The number of ether oxygens (including phenoxy) is 1. The zero-order valence-corrected chi connectivity index (χ0v) is 15.8. The van der Waals surface area contributed by atoms with E-state index in [9.17, 15) is 9.59 Å². The zero-order chi connectivity index (χ0) is 16.3. The predicted octanol–water partition coefficient (Wildman–Crippen LogP) is 3.37. The van der Waals surface area contributed by atoms with Crippen LogP contribution in [-0.2, 0) is 9.59 Å². The summed E-state index contributed by atoms with van der Waals surface area (Å²) in [5.74, 6) is 0.823. The highest BCUT2D eigenvalue weighted by Crippen LogP contribution is 2.60. The van der Waals surface area contributed by atoms with E-state index in [0.29, 0.717) is 12.3 Å². The van der Waals surface area contributed by atoms with Crippen LogP contribution in [0, 0.1) is 23.7 Å². The lowest BCUT2D eigenvalue weighted by molar-refractivity contribution is -0.123. The van der Waals surface area contributed by atoms with Gasteiger partial charge in [0.05, 0.1) is 24.1 Å². The first-order chi connectivity index (χ1) is 11.0. The molecule has 0 spiro atoms. The Morgan fingerprint density at radius 2 is 1.57 bits per heavy atom. The number of fused-ring (bicyclic) bond motifs is 5. The number of carbonyl (C=O) groups is 2. The molecule has 3 aliphatic rings. The van der Waals surface area contributed by atoms with Gasteiger partial charge in [-0.1, -0.05) is 31.9 Å². The number of carbonyl (C=O) groups excluding carboxylic acids is 2. The maximum absolute atomic E-state index is 12.9. The summed E-state index contributed by atoms with van der Waals surface area (Å²) in [5, 5.41) is 0. The van der Waals surface area contributed by atoms with Gasteiger partial charge < -0.3 is 4.74 Å². The van der Waals surface area contributed by atoms with Gasteiger partial charge in [0.25, 0.3) is 0 Å².